The molecule has 0 amide bonds. The van der Waals surface area contributed by atoms with Crippen LogP contribution in [-0.2, 0) is 0 Å². The van der Waals surface area contributed by atoms with Gasteiger partial charge in [-0.05, 0) is 177 Å². The van der Waals surface area contributed by atoms with Crippen molar-refractivity contribution in [2.45, 2.75) is 157 Å². The summed E-state index contributed by atoms with van der Waals surface area (Å²) < 4.78 is 0. The molecule has 0 aromatic carbocycles. The molecule has 0 nitrogen and oxygen atoms in total. The summed E-state index contributed by atoms with van der Waals surface area (Å²) in [7, 11) is 12.4. The predicted octanol–water partition coefficient (Wildman–Crippen LogP) is 13.0. The first-order valence-corrected chi connectivity index (χ1v) is 21.5. The van der Waals surface area contributed by atoms with Crippen LogP contribution in [-0.4, -0.2) is 22.6 Å². The lowest BCUT2D eigenvalue weighted by Gasteiger charge is -2.53. The van der Waals surface area contributed by atoms with Crippen LogP contribution >= 0.6 is 37.0 Å². The van der Waals surface area contributed by atoms with E-state index in [1.165, 1.54) is 51.4 Å². The molecule has 16 atom stereocenters. The lowest BCUT2D eigenvalue weighted by Crippen LogP contribution is -2.50. The molecule has 0 aromatic rings. The molecule has 0 aliphatic heterocycles. The highest BCUT2D eigenvalue weighted by Crippen LogP contribution is 2.75. The Hall–Kier alpha value is 0.680. The molecule has 2 aliphatic carbocycles. The van der Waals surface area contributed by atoms with E-state index in [-0.39, 0.29) is 5.41 Å². The summed E-state index contributed by atoms with van der Waals surface area (Å²) in [4.78, 5) is 0. The van der Waals surface area contributed by atoms with Crippen molar-refractivity contribution in [2.24, 2.45) is 52.8 Å². The van der Waals surface area contributed by atoms with Crippen LogP contribution in [0.1, 0.15) is 134 Å². The van der Waals surface area contributed by atoms with Crippen molar-refractivity contribution in [1.29, 1.82) is 0 Å². The van der Waals surface area contributed by atoms with Gasteiger partial charge in [0.2, 0.25) is 0 Å². The van der Waals surface area contributed by atoms with E-state index >= 15 is 0 Å². The predicted molar refractivity (Wildman–Crippen MR) is 222 cm³/mol. The summed E-state index contributed by atoms with van der Waals surface area (Å²) in [5, 5.41) is 0. The lowest BCUT2D eigenvalue weighted by atomic mass is 9.50. The van der Waals surface area contributed by atoms with Crippen molar-refractivity contribution in [2.75, 3.05) is 0 Å². The monoisotopic (exact) mass is 692 g/mol. The molecule has 8 unspecified atom stereocenters. The van der Waals surface area contributed by atoms with Crippen molar-refractivity contribution in [3.63, 3.8) is 0 Å². The van der Waals surface area contributed by atoms with Gasteiger partial charge in [0.25, 0.3) is 0 Å². The molecule has 0 saturated heterocycles. The van der Waals surface area contributed by atoms with Crippen molar-refractivity contribution in [1.82, 2.24) is 0 Å². The largest absolute Gasteiger partial charge is 0.135 e. The summed E-state index contributed by atoms with van der Waals surface area (Å²) in [6.07, 6.45) is 20.7. The van der Waals surface area contributed by atoms with Crippen molar-refractivity contribution in [3.8, 4) is 0 Å². The van der Waals surface area contributed by atoms with Crippen LogP contribution < -0.4 is 0 Å². The number of allylic oxidation sites excluding steroid dienone is 8. The van der Waals surface area contributed by atoms with Gasteiger partial charge in [-0.25, -0.2) is 0 Å². The third kappa shape index (κ3) is 9.48. The quantitative estimate of drug-likeness (QED) is 0.141. The van der Waals surface area contributed by atoms with E-state index in [1.54, 1.807) is 22.3 Å². The Balaban J connectivity index is 3.12. The molecule has 2 fully saturated rings. The minimum atomic E-state index is 0.188. The van der Waals surface area contributed by atoms with Gasteiger partial charge in [-0.1, -0.05) is 79.7 Å². The minimum Gasteiger partial charge on any atom is -0.135 e. The first kappa shape index (κ1) is 41.8. The Morgan fingerprint density at radius 1 is 0.400 bits per heavy atom. The van der Waals surface area contributed by atoms with E-state index in [2.05, 4.69) is 144 Å². The zero-order valence-corrected chi connectivity index (χ0v) is 36.3. The molecule has 260 valence electrons. The topological polar surface area (TPSA) is 0 Å². The normalized spacial score (nSPS) is 34.5. The van der Waals surface area contributed by atoms with Crippen LogP contribution in [0.15, 0.2) is 46.6 Å². The van der Waals surface area contributed by atoms with Crippen LogP contribution in [0.25, 0.3) is 0 Å². The van der Waals surface area contributed by atoms with Crippen LogP contribution in [0.4, 0.5) is 0 Å². The molecule has 0 N–H and O–H groups in total. The molecule has 0 heterocycles. The molecule has 2 saturated carbocycles. The van der Waals surface area contributed by atoms with Gasteiger partial charge in [0.15, 0.2) is 0 Å². The lowest BCUT2D eigenvalue weighted by molar-refractivity contribution is -0.0379. The van der Waals surface area contributed by atoms with E-state index in [9.17, 15) is 0 Å². The van der Waals surface area contributed by atoms with Gasteiger partial charge in [-0.2, -0.15) is 0 Å². The van der Waals surface area contributed by atoms with Gasteiger partial charge in [-0.3, -0.25) is 0 Å². The highest BCUT2D eigenvalue weighted by Gasteiger charge is 2.69. The van der Waals surface area contributed by atoms with E-state index in [4.69, 9.17) is 0 Å². The van der Waals surface area contributed by atoms with Crippen LogP contribution in [0.3, 0.4) is 0 Å². The van der Waals surface area contributed by atoms with E-state index in [0.717, 1.165) is 0 Å². The average molecular weight is 693 g/mol. The second-order valence-corrected chi connectivity index (χ2v) is 20.6. The average Bonchev–Trinajstić information content (AvgIpc) is 3.44. The molecule has 45 heavy (non-hydrogen) atoms. The van der Waals surface area contributed by atoms with Crippen molar-refractivity contribution in [3.05, 3.63) is 46.6 Å². The molecule has 2 aliphatic rings. The minimum absolute atomic E-state index is 0.188. The fourth-order valence-corrected chi connectivity index (χ4v) is 11.1. The first-order valence-electron chi connectivity index (χ1n) is 18.8. The molecule has 0 bridgehead atoms. The Bertz CT molecular complexity index is 863. The molecular weight excluding hydrogens is 616 g/mol. The third-order valence-electron chi connectivity index (χ3n) is 12.0. The molecular formula is C41H76P4. The highest BCUT2D eigenvalue weighted by atomic mass is 31.0. The van der Waals surface area contributed by atoms with Crippen LogP contribution in [0.2, 0.25) is 0 Å². The third-order valence-corrected chi connectivity index (χ3v) is 13.3. The highest BCUT2D eigenvalue weighted by molar-refractivity contribution is 7.18. The van der Waals surface area contributed by atoms with E-state index in [0.29, 0.717) is 70.0 Å². The summed E-state index contributed by atoms with van der Waals surface area (Å²) >= 11 is 0. The SMILES string of the molecule is CC=C1/C(=C\C)C([C@@H](C)CC[C@H](C)P)C2(C1[C@@H](C)CC[C@H](C)P)C([C@@H](C)CC[C@H](C)P)C(=C/C)/C(=C\C)C2[C@@H](C)CC[C@H](C)P. The Morgan fingerprint density at radius 3 is 0.711 bits per heavy atom. The van der Waals surface area contributed by atoms with Gasteiger partial charge < -0.3 is 0 Å². The molecule has 4 heteroatoms. The van der Waals surface area contributed by atoms with Gasteiger partial charge in [0.1, 0.15) is 0 Å². The summed E-state index contributed by atoms with van der Waals surface area (Å²) in [5.41, 5.74) is 9.67. The maximum atomic E-state index is 3.10. The second kappa shape index (κ2) is 19.2. The maximum absolute atomic E-state index is 3.10. The fraction of sp³-hybridized carbons (Fsp3) is 0.805. The van der Waals surface area contributed by atoms with Crippen LogP contribution in [0.5, 0.6) is 0 Å². The van der Waals surface area contributed by atoms with Gasteiger partial charge >= 0.3 is 0 Å². The Morgan fingerprint density at radius 2 is 0.578 bits per heavy atom. The smallest absolute Gasteiger partial charge is 0.00126 e. The summed E-state index contributed by atoms with van der Waals surface area (Å²) in [6, 6.07) is 0. The van der Waals surface area contributed by atoms with E-state index in [1.807, 2.05) is 0 Å². The second-order valence-electron chi connectivity index (χ2n) is 16.0. The fourth-order valence-electron chi connectivity index (χ4n) is 10.3. The molecule has 2 rings (SSSR count). The molecule has 0 aromatic heterocycles. The van der Waals surface area contributed by atoms with Crippen molar-refractivity contribution >= 4 is 37.0 Å². The first-order chi connectivity index (χ1) is 21.1. The van der Waals surface area contributed by atoms with Gasteiger partial charge in [0.05, 0.1) is 0 Å². The van der Waals surface area contributed by atoms with Gasteiger partial charge in [-0.15, -0.1) is 37.0 Å². The standard InChI is InChI=1S/C41H76P4/c1-13-33-34(14-2)38(26(6)18-22-30(10)43)41(37(33)25(5)17-21-29(9)42)39(27(7)19-23-31(11)44)35(15-3)36(16-4)40(41)28(8)20-24-32(12)45/h13-16,25-32,37-40H,17-24,42-45H2,1-12H3/b33-13+,34-14+,35-15+,36-16?/t25-,26-,27-,28-,29-,30-,31-,32-,37?,38?,39?,40?,41?/m0/s1. The number of rotatable bonds is 16. The molecule has 1 spiro atoms. The number of hydrogen-bond acceptors (Lipinski definition) is 0. The summed E-state index contributed by atoms with van der Waals surface area (Å²) in [6.45, 7) is 29.6. The van der Waals surface area contributed by atoms with Gasteiger partial charge in [0, 0.05) is 0 Å². The molecule has 0 radical (unpaired) electrons. The number of hydrogen-bond donors (Lipinski definition) is 0. The van der Waals surface area contributed by atoms with Crippen molar-refractivity contribution < 1.29 is 0 Å². The Labute approximate surface area is 292 Å². The van der Waals surface area contributed by atoms with E-state index < -0.39 is 0 Å². The summed E-state index contributed by atoms with van der Waals surface area (Å²) in [5.74, 6) is 4.89. The Kier molecular flexibility index (Phi) is 17.8. The zero-order chi connectivity index (χ0) is 34.2. The maximum Gasteiger partial charge on any atom is -0.00126 e. The zero-order valence-electron chi connectivity index (χ0n) is 31.7. The van der Waals surface area contributed by atoms with Crippen LogP contribution in [0, 0.1) is 52.8 Å².